The van der Waals surface area contributed by atoms with Gasteiger partial charge in [0, 0.05) is 0 Å². The van der Waals surface area contributed by atoms with Gasteiger partial charge in [-0.15, -0.1) is 0 Å². The van der Waals surface area contributed by atoms with Gasteiger partial charge in [0.05, 0.1) is 0 Å². The summed E-state index contributed by atoms with van der Waals surface area (Å²) in [6.07, 6.45) is -1.64. The van der Waals surface area contributed by atoms with Gasteiger partial charge in [-0.05, 0) is 0 Å². The molecular weight excluding hydrogens is 489 g/mol. The minimum absolute atomic E-state index is 0.0177. The fourth-order valence-corrected chi connectivity index (χ4v) is 4.98. The summed E-state index contributed by atoms with van der Waals surface area (Å²) in [6.45, 7) is 10.1. The molecule has 0 unspecified atom stereocenters. The number of carbonyl (C=O) groups is 3. The van der Waals surface area contributed by atoms with Crippen LogP contribution in [0.15, 0.2) is 42.5 Å². The number of ether oxygens (including phenoxy) is 3. The van der Waals surface area contributed by atoms with Gasteiger partial charge in [-0.3, -0.25) is 0 Å². The molecule has 2 aromatic rings. The molecule has 2 aromatic carbocycles. The summed E-state index contributed by atoms with van der Waals surface area (Å²) in [5, 5.41) is 2.91. The minimum atomic E-state index is -1.15. The summed E-state index contributed by atoms with van der Waals surface area (Å²) >= 11 is 0.0177. The summed E-state index contributed by atoms with van der Waals surface area (Å²) in [6, 6.07) is 13.2. The van der Waals surface area contributed by atoms with E-state index in [0.717, 1.165) is 20.1 Å². The summed E-state index contributed by atoms with van der Waals surface area (Å²) < 4.78 is 16.9. The van der Waals surface area contributed by atoms with E-state index in [4.69, 9.17) is 14.2 Å². The molecule has 0 aliphatic rings. The molecule has 0 bridgehead atoms. The number of methoxy groups -OCH3 is 1. The second-order valence-corrected chi connectivity index (χ2v) is 12.0. The Morgan fingerprint density at radius 1 is 0.879 bits per heavy atom. The fourth-order valence-electron chi connectivity index (χ4n) is 2.99. The third kappa shape index (κ3) is 8.37. The molecule has 0 heterocycles. The zero-order valence-corrected chi connectivity index (χ0v) is 22.1. The Labute approximate surface area is 201 Å². The van der Waals surface area contributed by atoms with Crippen molar-refractivity contribution in [3.63, 3.8) is 0 Å². The summed E-state index contributed by atoms with van der Waals surface area (Å²) in [5.41, 5.74) is -1.71. The Balaban J connectivity index is 2.23. The molecule has 0 saturated carbocycles. The van der Waals surface area contributed by atoms with E-state index in [0.29, 0.717) is 5.32 Å². The van der Waals surface area contributed by atoms with Gasteiger partial charge in [0.2, 0.25) is 0 Å². The predicted molar refractivity (Wildman–Crippen MR) is 129 cm³/mol. The average Bonchev–Trinajstić information content (AvgIpc) is 2.69. The van der Waals surface area contributed by atoms with Crippen LogP contribution in [0.25, 0.3) is 10.8 Å². The molecule has 0 saturated heterocycles. The van der Waals surface area contributed by atoms with Crippen LogP contribution >= 0.6 is 0 Å². The molecule has 0 radical (unpaired) electrons. The molecule has 0 spiro atoms. The van der Waals surface area contributed by atoms with Crippen LogP contribution in [0, 0.1) is 0 Å². The van der Waals surface area contributed by atoms with E-state index in [1.165, 1.54) is 7.11 Å². The summed E-state index contributed by atoms with van der Waals surface area (Å²) in [5.74, 6) is -0.693. The maximum absolute atomic E-state index is 12.9. The van der Waals surface area contributed by atoms with Gasteiger partial charge < -0.3 is 0 Å². The first-order valence-corrected chi connectivity index (χ1v) is 12.8. The molecule has 0 fully saturated rings. The van der Waals surface area contributed by atoms with Crippen molar-refractivity contribution in [2.24, 2.45) is 0 Å². The maximum atomic E-state index is 12.9. The second kappa shape index (κ2) is 11.0. The Hall–Kier alpha value is -2.57. The van der Waals surface area contributed by atoms with Crippen molar-refractivity contribution in [3.05, 3.63) is 42.5 Å². The van der Waals surface area contributed by atoms with E-state index in [9.17, 15) is 14.4 Å². The molecule has 2 rings (SSSR count). The number of rotatable bonds is 6. The summed E-state index contributed by atoms with van der Waals surface area (Å²) in [4.78, 5) is 39.2. The molecule has 33 heavy (non-hydrogen) atoms. The van der Waals surface area contributed by atoms with E-state index >= 15 is 0 Å². The number of carbonyl (C=O) groups excluding carboxylic acids is 3. The zero-order valence-electron chi connectivity index (χ0n) is 20.3. The zero-order chi connectivity index (χ0) is 24.8. The van der Waals surface area contributed by atoms with Crippen LogP contribution in [0.5, 0.6) is 0 Å². The number of benzene rings is 2. The van der Waals surface area contributed by atoms with Gasteiger partial charge in [-0.2, -0.15) is 0 Å². The number of hydrogen-bond acceptors (Lipinski definition) is 6. The van der Waals surface area contributed by atoms with Gasteiger partial charge in [0.25, 0.3) is 0 Å². The number of nitrogens with zero attached hydrogens (tertiary/aromatic N) is 1. The van der Waals surface area contributed by atoms with Gasteiger partial charge in [0.15, 0.2) is 0 Å². The van der Waals surface area contributed by atoms with Gasteiger partial charge in [-0.1, -0.05) is 0 Å². The first kappa shape index (κ1) is 26.7. The molecular formula is C25H33NO6Se. The summed E-state index contributed by atoms with van der Waals surface area (Å²) in [7, 11) is 1.23. The van der Waals surface area contributed by atoms with Gasteiger partial charge in [0.1, 0.15) is 0 Å². The Morgan fingerprint density at radius 3 is 1.94 bits per heavy atom. The molecule has 0 aliphatic carbocycles. The van der Waals surface area contributed by atoms with Crippen LogP contribution in [-0.4, -0.2) is 62.4 Å². The molecule has 0 aliphatic heterocycles. The molecule has 180 valence electrons. The Morgan fingerprint density at radius 2 is 1.42 bits per heavy atom. The quantitative estimate of drug-likeness (QED) is 0.311. The molecule has 0 aromatic heterocycles. The van der Waals surface area contributed by atoms with Crippen molar-refractivity contribution in [1.29, 1.82) is 0 Å². The Bertz CT molecular complexity index is 964. The van der Waals surface area contributed by atoms with E-state index in [-0.39, 0.29) is 21.4 Å². The Kier molecular flexibility index (Phi) is 8.92. The van der Waals surface area contributed by atoms with E-state index in [2.05, 4.69) is 30.3 Å². The van der Waals surface area contributed by atoms with Crippen molar-refractivity contribution < 1.29 is 28.6 Å². The van der Waals surface area contributed by atoms with E-state index in [1.807, 2.05) is 12.1 Å². The van der Waals surface area contributed by atoms with Crippen LogP contribution in [0.3, 0.4) is 0 Å². The predicted octanol–water partition coefficient (Wildman–Crippen LogP) is 4.69. The SMILES string of the molecule is COC(=O)[C@H](CC[Se]c1ccc2ccccc2c1)N(C(=O)OC(C)(C)C)C(=O)OC(C)(C)C. The number of esters is 1. The first-order valence-electron chi connectivity index (χ1n) is 10.8. The average molecular weight is 523 g/mol. The molecule has 8 heteroatoms. The second-order valence-electron chi connectivity index (χ2n) is 9.52. The standard InChI is InChI=1S/C25H33NO6Se/c1-24(2,3)31-22(28)26(23(29)32-25(4,5)6)20(21(27)30-7)14-15-33-19-13-12-17-10-8-9-11-18(17)16-19/h8-13,16,20H,14-15H2,1-7H3/t20-/m0/s1. The van der Waals surface area contributed by atoms with Crippen LogP contribution in [0.2, 0.25) is 5.32 Å². The number of hydrogen-bond donors (Lipinski definition) is 0. The van der Waals surface area contributed by atoms with Crippen molar-refractivity contribution in [2.75, 3.05) is 7.11 Å². The molecule has 2 amide bonds. The van der Waals surface area contributed by atoms with Crippen molar-refractivity contribution in [2.45, 2.75) is 70.5 Å². The normalized spacial score (nSPS) is 12.7. The topological polar surface area (TPSA) is 82.1 Å². The molecule has 0 N–H and O–H groups in total. The van der Waals surface area contributed by atoms with Crippen LogP contribution in [-0.2, 0) is 19.0 Å². The monoisotopic (exact) mass is 523 g/mol. The van der Waals surface area contributed by atoms with Gasteiger partial charge >= 0.3 is 202 Å². The van der Waals surface area contributed by atoms with Crippen LogP contribution in [0.4, 0.5) is 9.59 Å². The van der Waals surface area contributed by atoms with Gasteiger partial charge in [-0.25, -0.2) is 0 Å². The molecule has 7 nitrogen and oxygen atoms in total. The fraction of sp³-hybridized carbons (Fsp3) is 0.480. The first-order chi connectivity index (χ1) is 15.3. The van der Waals surface area contributed by atoms with Crippen LogP contribution in [0.1, 0.15) is 48.0 Å². The third-order valence-corrected chi connectivity index (χ3v) is 6.50. The number of amides is 2. The molecule has 1 atom stereocenters. The van der Waals surface area contributed by atoms with Crippen LogP contribution < -0.4 is 4.46 Å². The van der Waals surface area contributed by atoms with Crippen molar-refractivity contribution in [1.82, 2.24) is 4.90 Å². The number of imide groups is 1. The van der Waals surface area contributed by atoms with E-state index < -0.39 is 35.4 Å². The van der Waals surface area contributed by atoms with E-state index in [1.54, 1.807) is 41.5 Å². The third-order valence-electron chi connectivity index (χ3n) is 4.35. The number of fused-ring (bicyclic) bond motifs is 1. The van der Waals surface area contributed by atoms with Crippen molar-refractivity contribution in [3.8, 4) is 0 Å². The van der Waals surface area contributed by atoms with Crippen molar-refractivity contribution >= 4 is 48.3 Å².